The van der Waals surface area contributed by atoms with E-state index in [0.29, 0.717) is 17.1 Å². The predicted molar refractivity (Wildman–Crippen MR) is 102 cm³/mol. The average Bonchev–Trinajstić information content (AvgIpc) is 3.07. The molecule has 4 aromatic rings. The molecule has 0 saturated carbocycles. The Morgan fingerprint density at radius 1 is 0.885 bits per heavy atom. The molecule has 0 fully saturated rings. The molecule has 1 N–H and O–H groups in total. The Labute approximate surface area is 150 Å². The third-order valence-corrected chi connectivity index (χ3v) is 4.14. The highest BCUT2D eigenvalue weighted by molar-refractivity contribution is 6.09. The third-order valence-electron chi connectivity index (χ3n) is 4.14. The van der Waals surface area contributed by atoms with Crippen molar-refractivity contribution in [3.63, 3.8) is 0 Å². The van der Waals surface area contributed by atoms with E-state index in [-0.39, 0.29) is 0 Å². The van der Waals surface area contributed by atoms with E-state index >= 15 is 0 Å². The number of carbonyl (C=O) groups excluding carboxylic acids is 1. The lowest BCUT2D eigenvalue weighted by atomic mass is 10.1. The van der Waals surface area contributed by atoms with Gasteiger partial charge in [0.2, 0.25) is 0 Å². The summed E-state index contributed by atoms with van der Waals surface area (Å²) in [6.07, 6.45) is 1.41. The molecule has 4 heteroatoms. The van der Waals surface area contributed by atoms with Crippen molar-refractivity contribution in [1.82, 2.24) is 4.98 Å². The van der Waals surface area contributed by atoms with Gasteiger partial charge in [-0.05, 0) is 31.2 Å². The number of nitrogens with one attached hydrogen (secondary N) is 1. The van der Waals surface area contributed by atoms with Gasteiger partial charge in [0.25, 0.3) is 0 Å². The maximum atomic E-state index is 12.4. The number of aromatic amines is 1. The summed E-state index contributed by atoms with van der Waals surface area (Å²) in [5.74, 6) is 0.709. The molecular formula is C22H17NO3. The summed E-state index contributed by atoms with van der Waals surface area (Å²) < 4.78 is 11.1. The Morgan fingerprint density at radius 2 is 1.62 bits per heavy atom. The SMILES string of the molecule is CC(=COc1ccccc1)C(=O)Oc1cccc2c1[nH]c1ccccc12. The zero-order chi connectivity index (χ0) is 17.9. The highest BCUT2D eigenvalue weighted by Gasteiger charge is 2.13. The number of carbonyl (C=O) groups is 1. The molecule has 0 amide bonds. The molecule has 0 aliphatic rings. The zero-order valence-electron chi connectivity index (χ0n) is 14.2. The summed E-state index contributed by atoms with van der Waals surface area (Å²) in [5, 5.41) is 2.12. The van der Waals surface area contributed by atoms with Gasteiger partial charge in [0, 0.05) is 16.3 Å². The van der Waals surface area contributed by atoms with E-state index in [9.17, 15) is 4.79 Å². The maximum Gasteiger partial charge on any atom is 0.342 e. The van der Waals surface area contributed by atoms with Crippen LogP contribution in [-0.4, -0.2) is 11.0 Å². The van der Waals surface area contributed by atoms with Crippen molar-refractivity contribution in [2.24, 2.45) is 0 Å². The first kappa shape index (κ1) is 16.0. The Morgan fingerprint density at radius 3 is 2.46 bits per heavy atom. The van der Waals surface area contributed by atoms with E-state index in [2.05, 4.69) is 4.98 Å². The van der Waals surface area contributed by atoms with Crippen molar-refractivity contribution in [3.05, 3.63) is 84.6 Å². The Bertz CT molecular complexity index is 1110. The van der Waals surface area contributed by atoms with Gasteiger partial charge in [-0.15, -0.1) is 0 Å². The highest BCUT2D eigenvalue weighted by Crippen LogP contribution is 2.31. The summed E-state index contributed by atoms with van der Waals surface area (Å²) in [7, 11) is 0. The maximum absolute atomic E-state index is 12.4. The molecule has 0 atom stereocenters. The molecule has 26 heavy (non-hydrogen) atoms. The summed E-state index contributed by atoms with van der Waals surface area (Å²) >= 11 is 0. The largest absolute Gasteiger partial charge is 0.464 e. The van der Waals surface area contributed by atoms with E-state index in [4.69, 9.17) is 9.47 Å². The second-order valence-electron chi connectivity index (χ2n) is 5.97. The van der Waals surface area contributed by atoms with Gasteiger partial charge in [0.15, 0.2) is 5.75 Å². The van der Waals surface area contributed by atoms with Crippen LogP contribution in [0.2, 0.25) is 0 Å². The first-order valence-electron chi connectivity index (χ1n) is 8.32. The van der Waals surface area contributed by atoms with Crippen LogP contribution in [0.1, 0.15) is 6.92 Å². The van der Waals surface area contributed by atoms with E-state index < -0.39 is 5.97 Å². The fourth-order valence-electron chi connectivity index (χ4n) is 2.82. The molecule has 0 aliphatic carbocycles. The Balaban J connectivity index is 1.59. The minimum atomic E-state index is -0.452. The Hall–Kier alpha value is -3.53. The molecule has 1 aromatic heterocycles. The summed E-state index contributed by atoms with van der Waals surface area (Å²) in [5.41, 5.74) is 2.19. The highest BCUT2D eigenvalue weighted by atomic mass is 16.5. The van der Waals surface area contributed by atoms with Gasteiger partial charge in [-0.25, -0.2) is 4.79 Å². The van der Waals surface area contributed by atoms with Crippen LogP contribution in [-0.2, 0) is 4.79 Å². The predicted octanol–water partition coefficient (Wildman–Crippen LogP) is 5.21. The quantitative estimate of drug-likeness (QED) is 0.239. The average molecular weight is 343 g/mol. The Kier molecular flexibility index (Phi) is 4.15. The van der Waals surface area contributed by atoms with Gasteiger partial charge in [-0.2, -0.15) is 0 Å². The monoisotopic (exact) mass is 343 g/mol. The number of hydrogen-bond donors (Lipinski definition) is 1. The van der Waals surface area contributed by atoms with Crippen molar-refractivity contribution in [1.29, 1.82) is 0 Å². The van der Waals surface area contributed by atoms with Crippen molar-refractivity contribution in [2.45, 2.75) is 6.92 Å². The number of H-pyrrole nitrogens is 1. The van der Waals surface area contributed by atoms with Crippen LogP contribution in [0.3, 0.4) is 0 Å². The number of para-hydroxylation sites is 3. The number of rotatable bonds is 4. The van der Waals surface area contributed by atoms with Crippen LogP contribution < -0.4 is 9.47 Å². The lowest BCUT2D eigenvalue weighted by Gasteiger charge is -2.06. The molecule has 0 bridgehead atoms. The van der Waals surface area contributed by atoms with Crippen molar-refractivity contribution in [2.75, 3.05) is 0 Å². The van der Waals surface area contributed by atoms with Crippen LogP contribution in [0.4, 0.5) is 0 Å². The van der Waals surface area contributed by atoms with Gasteiger partial charge in [-0.3, -0.25) is 0 Å². The van der Waals surface area contributed by atoms with Crippen LogP contribution in [0.5, 0.6) is 11.5 Å². The van der Waals surface area contributed by atoms with Crippen LogP contribution in [0.25, 0.3) is 21.8 Å². The summed E-state index contributed by atoms with van der Waals surface area (Å²) in [6.45, 7) is 1.66. The van der Waals surface area contributed by atoms with E-state index in [1.54, 1.807) is 13.0 Å². The van der Waals surface area contributed by atoms with Gasteiger partial charge in [0.1, 0.15) is 12.0 Å². The van der Waals surface area contributed by atoms with Crippen LogP contribution in [0.15, 0.2) is 84.6 Å². The minimum Gasteiger partial charge on any atom is -0.464 e. The molecule has 4 rings (SSSR count). The lowest BCUT2D eigenvalue weighted by Crippen LogP contribution is -2.10. The lowest BCUT2D eigenvalue weighted by molar-refractivity contribution is -0.130. The van der Waals surface area contributed by atoms with E-state index in [1.807, 2.05) is 66.7 Å². The fraction of sp³-hybridized carbons (Fsp3) is 0.0455. The molecule has 3 aromatic carbocycles. The number of fused-ring (bicyclic) bond motifs is 3. The fourth-order valence-corrected chi connectivity index (χ4v) is 2.82. The molecule has 0 saturated heterocycles. The minimum absolute atomic E-state index is 0.377. The number of aromatic nitrogens is 1. The standard InChI is InChI=1S/C22H17NO3/c1-15(14-25-16-8-3-2-4-9-16)22(24)26-20-13-7-11-18-17-10-5-6-12-19(17)23-21(18)20/h2-14,23H,1H3. The van der Waals surface area contributed by atoms with Gasteiger partial charge in [0.05, 0.1) is 11.1 Å². The second-order valence-corrected chi connectivity index (χ2v) is 5.97. The number of hydrogen-bond acceptors (Lipinski definition) is 3. The molecule has 128 valence electrons. The summed E-state index contributed by atoms with van der Waals surface area (Å²) in [6, 6.07) is 22.9. The molecule has 0 aliphatic heterocycles. The first-order valence-corrected chi connectivity index (χ1v) is 8.32. The molecule has 0 spiro atoms. The van der Waals surface area contributed by atoms with E-state index in [0.717, 1.165) is 21.8 Å². The summed E-state index contributed by atoms with van der Waals surface area (Å²) in [4.78, 5) is 15.7. The molecule has 4 nitrogen and oxygen atoms in total. The van der Waals surface area contributed by atoms with Gasteiger partial charge in [-0.1, -0.05) is 48.5 Å². The second kappa shape index (κ2) is 6.76. The zero-order valence-corrected chi connectivity index (χ0v) is 14.2. The smallest absolute Gasteiger partial charge is 0.342 e. The van der Waals surface area contributed by atoms with Crippen molar-refractivity contribution >= 4 is 27.8 Å². The van der Waals surface area contributed by atoms with Crippen molar-refractivity contribution in [3.8, 4) is 11.5 Å². The van der Waals surface area contributed by atoms with Crippen LogP contribution in [0, 0.1) is 0 Å². The van der Waals surface area contributed by atoms with Crippen LogP contribution >= 0.6 is 0 Å². The molecule has 0 radical (unpaired) electrons. The third kappa shape index (κ3) is 3.05. The molecule has 1 heterocycles. The first-order chi connectivity index (χ1) is 12.7. The number of benzene rings is 3. The van der Waals surface area contributed by atoms with Gasteiger partial charge < -0.3 is 14.5 Å². The topological polar surface area (TPSA) is 51.3 Å². The van der Waals surface area contributed by atoms with Crippen molar-refractivity contribution < 1.29 is 14.3 Å². The number of ether oxygens (including phenoxy) is 2. The number of esters is 1. The molecule has 0 unspecified atom stereocenters. The van der Waals surface area contributed by atoms with Gasteiger partial charge >= 0.3 is 5.97 Å². The van der Waals surface area contributed by atoms with E-state index in [1.165, 1.54) is 6.26 Å². The molecular weight excluding hydrogens is 326 g/mol. The normalized spacial score (nSPS) is 11.7.